The molecule has 1 aromatic heterocycles. The first-order valence-electron chi connectivity index (χ1n) is 5.32. The van der Waals surface area contributed by atoms with Crippen LogP contribution in [0.2, 0.25) is 5.02 Å². The van der Waals surface area contributed by atoms with E-state index in [2.05, 4.69) is 9.97 Å². The molecule has 0 radical (unpaired) electrons. The van der Waals surface area contributed by atoms with Crippen LogP contribution in [0.4, 0.5) is 4.39 Å². The summed E-state index contributed by atoms with van der Waals surface area (Å²) in [7, 11) is 0. The highest BCUT2D eigenvalue weighted by Crippen LogP contribution is 2.20. The smallest absolute Gasteiger partial charge is 0.187 e. The van der Waals surface area contributed by atoms with E-state index in [0.717, 1.165) is 5.69 Å². The number of rotatable bonds is 3. The van der Waals surface area contributed by atoms with Gasteiger partial charge in [0.05, 0.1) is 16.9 Å². The molecule has 92 valence electrons. The second-order valence-corrected chi connectivity index (χ2v) is 4.23. The van der Waals surface area contributed by atoms with Crippen LogP contribution in [0.1, 0.15) is 21.7 Å². The quantitative estimate of drug-likeness (QED) is 0.801. The Bertz CT molecular complexity index is 584. The van der Waals surface area contributed by atoms with E-state index in [4.69, 9.17) is 11.6 Å². The molecule has 0 saturated heterocycles. The number of hydrogen-bond acceptors (Lipinski definition) is 3. The normalized spacial score (nSPS) is 10.4. The van der Waals surface area contributed by atoms with Crippen LogP contribution in [-0.4, -0.2) is 15.8 Å². The fraction of sp³-hybridized carbons (Fsp3) is 0.154. The first-order valence-corrected chi connectivity index (χ1v) is 5.70. The van der Waals surface area contributed by atoms with Gasteiger partial charge < -0.3 is 0 Å². The molecule has 3 nitrogen and oxygen atoms in total. The highest BCUT2D eigenvalue weighted by atomic mass is 35.5. The van der Waals surface area contributed by atoms with Gasteiger partial charge in [0, 0.05) is 12.6 Å². The molecule has 2 rings (SSSR count). The van der Waals surface area contributed by atoms with Crippen LogP contribution >= 0.6 is 11.6 Å². The van der Waals surface area contributed by atoms with Crippen LogP contribution in [-0.2, 0) is 6.42 Å². The first-order chi connectivity index (χ1) is 8.58. The summed E-state index contributed by atoms with van der Waals surface area (Å²) in [6.45, 7) is 1.78. The van der Waals surface area contributed by atoms with E-state index in [-0.39, 0.29) is 22.9 Å². The van der Waals surface area contributed by atoms with Crippen molar-refractivity contribution in [1.29, 1.82) is 0 Å². The number of nitrogens with zero attached hydrogens (tertiary/aromatic N) is 2. The van der Waals surface area contributed by atoms with Gasteiger partial charge in [0.25, 0.3) is 0 Å². The molecule has 0 N–H and O–H groups in total. The van der Waals surface area contributed by atoms with E-state index in [1.165, 1.54) is 24.5 Å². The number of hydrogen-bond donors (Lipinski definition) is 0. The standard InChI is InChI=1S/C13H10ClFN2O/c1-8-6-17-11(7-16-8)12(18)5-9-3-2-4-10(15)13(9)14/h2-4,6-7H,5H2,1H3. The molecule has 0 atom stereocenters. The molecule has 0 fully saturated rings. The van der Waals surface area contributed by atoms with Gasteiger partial charge in [0.15, 0.2) is 5.78 Å². The Kier molecular flexibility index (Phi) is 3.67. The minimum atomic E-state index is -0.531. The molecule has 0 aliphatic heterocycles. The predicted molar refractivity (Wildman–Crippen MR) is 66.2 cm³/mol. The average Bonchev–Trinajstić information content (AvgIpc) is 2.36. The molecule has 0 aliphatic carbocycles. The van der Waals surface area contributed by atoms with Gasteiger partial charge in [-0.15, -0.1) is 0 Å². The largest absolute Gasteiger partial charge is 0.292 e. The molecule has 5 heteroatoms. The van der Waals surface area contributed by atoms with Crippen molar-refractivity contribution in [1.82, 2.24) is 9.97 Å². The molecule has 0 saturated carbocycles. The van der Waals surface area contributed by atoms with Crippen molar-refractivity contribution in [2.75, 3.05) is 0 Å². The van der Waals surface area contributed by atoms with Crippen molar-refractivity contribution in [3.63, 3.8) is 0 Å². The third-order valence-corrected chi connectivity index (χ3v) is 2.87. The molecule has 1 heterocycles. The maximum Gasteiger partial charge on any atom is 0.187 e. The predicted octanol–water partition coefficient (Wildman–Crippen LogP) is 3.00. The average molecular weight is 265 g/mol. The lowest BCUT2D eigenvalue weighted by Crippen LogP contribution is -2.07. The van der Waals surface area contributed by atoms with Crippen molar-refractivity contribution in [2.45, 2.75) is 13.3 Å². The summed E-state index contributed by atoms with van der Waals surface area (Å²) >= 11 is 5.79. The molecule has 0 bridgehead atoms. The summed E-state index contributed by atoms with van der Waals surface area (Å²) in [6, 6.07) is 4.39. The van der Waals surface area contributed by atoms with Gasteiger partial charge in [-0.05, 0) is 18.6 Å². The van der Waals surface area contributed by atoms with Crippen LogP contribution < -0.4 is 0 Å². The fourth-order valence-electron chi connectivity index (χ4n) is 1.49. The van der Waals surface area contributed by atoms with Gasteiger partial charge in [-0.3, -0.25) is 9.78 Å². The van der Waals surface area contributed by atoms with Gasteiger partial charge in [-0.25, -0.2) is 9.37 Å². The summed E-state index contributed by atoms with van der Waals surface area (Å²) < 4.78 is 13.2. The van der Waals surface area contributed by atoms with Crippen LogP contribution in [0.3, 0.4) is 0 Å². The number of Topliss-reactive ketones (excluding diaryl/α,β-unsaturated/α-hetero) is 1. The number of benzene rings is 1. The number of carbonyl (C=O) groups is 1. The Labute approximate surface area is 109 Å². The van der Waals surface area contributed by atoms with Gasteiger partial charge >= 0.3 is 0 Å². The molecule has 0 spiro atoms. The Morgan fingerprint density at radius 2 is 2.11 bits per heavy atom. The van der Waals surface area contributed by atoms with E-state index in [9.17, 15) is 9.18 Å². The van der Waals surface area contributed by atoms with Crippen molar-refractivity contribution in [3.05, 3.63) is 58.4 Å². The summed E-state index contributed by atoms with van der Waals surface area (Å²) in [6.07, 6.45) is 2.93. The minimum absolute atomic E-state index is 0.00827. The zero-order chi connectivity index (χ0) is 13.1. The second kappa shape index (κ2) is 5.23. The van der Waals surface area contributed by atoms with Gasteiger partial charge in [0.2, 0.25) is 0 Å². The van der Waals surface area contributed by atoms with E-state index in [0.29, 0.717) is 5.56 Å². The fourth-order valence-corrected chi connectivity index (χ4v) is 1.68. The third kappa shape index (κ3) is 2.71. The topological polar surface area (TPSA) is 42.9 Å². The maximum absolute atomic E-state index is 13.2. The van der Waals surface area contributed by atoms with Crippen LogP contribution in [0.25, 0.3) is 0 Å². The Morgan fingerprint density at radius 3 is 2.78 bits per heavy atom. The van der Waals surface area contributed by atoms with Crippen molar-refractivity contribution >= 4 is 17.4 Å². The van der Waals surface area contributed by atoms with Crippen molar-refractivity contribution in [2.24, 2.45) is 0 Å². The molecule has 1 aromatic carbocycles. The number of halogens is 2. The zero-order valence-corrected chi connectivity index (χ0v) is 10.4. The molecular weight excluding hydrogens is 255 g/mol. The van der Waals surface area contributed by atoms with Gasteiger partial charge in [-0.1, -0.05) is 23.7 Å². The molecule has 0 amide bonds. The number of carbonyl (C=O) groups excluding carboxylic acids is 1. The molecular formula is C13H10ClFN2O. The zero-order valence-electron chi connectivity index (χ0n) is 9.65. The Balaban J connectivity index is 2.21. The van der Waals surface area contributed by atoms with Gasteiger partial charge in [-0.2, -0.15) is 0 Å². The highest BCUT2D eigenvalue weighted by Gasteiger charge is 2.13. The van der Waals surface area contributed by atoms with Crippen LogP contribution in [0, 0.1) is 12.7 Å². The summed E-state index contributed by atoms with van der Waals surface area (Å²) in [4.78, 5) is 19.9. The lowest BCUT2D eigenvalue weighted by molar-refractivity contribution is 0.0988. The van der Waals surface area contributed by atoms with Crippen molar-refractivity contribution < 1.29 is 9.18 Å². The minimum Gasteiger partial charge on any atom is -0.292 e. The maximum atomic E-state index is 13.2. The SMILES string of the molecule is Cc1cnc(C(=O)Cc2cccc(F)c2Cl)cn1. The molecule has 2 aromatic rings. The van der Waals surface area contributed by atoms with Gasteiger partial charge in [0.1, 0.15) is 11.5 Å². The summed E-state index contributed by atoms with van der Waals surface area (Å²) in [5, 5.41) is -0.0223. The van der Waals surface area contributed by atoms with Crippen LogP contribution in [0.5, 0.6) is 0 Å². The summed E-state index contributed by atoms with van der Waals surface area (Å²) in [5.74, 6) is -0.771. The van der Waals surface area contributed by atoms with E-state index >= 15 is 0 Å². The molecule has 18 heavy (non-hydrogen) atoms. The van der Waals surface area contributed by atoms with Crippen molar-refractivity contribution in [3.8, 4) is 0 Å². The number of aryl methyl sites for hydroxylation is 1. The monoisotopic (exact) mass is 264 g/mol. The second-order valence-electron chi connectivity index (χ2n) is 3.86. The first kappa shape index (κ1) is 12.6. The highest BCUT2D eigenvalue weighted by molar-refractivity contribution is 6.31. The Hall–Kier alpha value is -1.81. The van der Waals surface area contributed by atoms with E-state index < -0.39 is 5.82 Å². The Morgan fingerprint density at radius 1 is 1.33 bits per heavy atom. The van der Waals surface area contributed by atoms with Crippen LogP contribution in [0.15, 0.2) is 30.6 Å². The molecule has 0 aliphatic rings. The third-order valence-electron chi connectivity index (χ3n) is 2.45. The van der Waals surface area contributed by atoms with E-state index in [1.807, 2.05) is 0 Å². The lowest BCUT2D eigenvalue weighted by atomic mass is 10.1. The molecule has 0 unspecified atom stereocenters. The lowest BCUT2D eigenvalue weighted by Gasteiger charge is -2.04. The van der Waals surface area contributed by atoms with E-state index in [1.54, 1.807) is 13.0 Å². The number of ketones is 1. The number of aromatic nitrogens is 2. The summed E-state index contributed by atoms with van der Waals surface area (Å²) in [5.41, 5.74) is 1.43.